The number of amides is 1. The van der Waals surface area contributed by atoms with E-state index in [1.54, 1.807) is 25.1 Å². The molecular formula is C18H16BrNO3. The van der Waals surface area contributed by atoms with Gasteiger partial charge < -0.3 is 14.1 Å². The molecule has 0 aliphatic heterocycles. The summed E-state index contributed by atoms with van der Waals surface area (Å²) in [6.07, 6.45) is 0. The van der Waals surface area contributed by atoms with Gasteiger partial charge in [0.2, 0.25) is 0 Å². The van der Waals surface area contributed by atoms with Crippen molar-refractivity contribution in [3.63, 3.8) is 0 Å². The van der Waals surface area contributed by atoms with Gasteiger partial charge in [-0.2, -0.15) is 0 Å². The van der Waals surface area contributed by atoms with Crippen LogP contribution in [0.3, 0.4) is 0 Å². The number of furan rings is 1. The normalized spacial score (nSPS) is 10.7. The summed E-state index contributed by atoms with van der Waals surface area (Å²) in [5.74, 6) is 0.757. The van der Waals surface area contributed by atoms with Crippen LogP contribution in [-0.4, -0.2) is 25.0 Å². The Morgan fingerprint density at radius 3 is 2.74 bits per heavy atom. The Bertz CT molecular complexity index is 856. The molecule has 0 atom stereocenters. The van der Waals surface area contributed by atoms with E-state index in [1.165, 1.54) is 0 Å². The van der Waals surface area contributed by atoms with Crippen molar-refractivity contribution in [1.82, 2.24) is 4.90 Å². The molecule has 1 heterocycles. The first kappa shape index (κ1) is 15.6. The molecule has 0 fully saturated rings. The fraction of sp³-hybridized carbons (Fsp3) is 0.167. The van der Waals surface area contributed by atoms with Gasteiger partial charge in [-0.25, -0.2) is 0 Å². The number of hydrogen-bond donors (Lipinski definition) is 0. The molecule has 0 saturated heterocycles. The molecule has 0 spiro atoms. The van der Waals surface area contributed by atoms with Crippen molar-refractivity contribution in [2.24, 2.45) is 0 Å². The molecule has 0 radical (unpaired) electrons. The third kappa shape index (κ3) is 3.10. The van der Waals surface area contributed by atoms with Crippen LogP contribution >= 0.6 is 15.9 Å². The van der Waals surface area contributed by atoms with Crippen LogP contribution in [0.2, 0.25) is 0 Å². The Balaban J connectivity index is 1.86. The zero-order valence-corrected chi connectivity index (χ0v) is 14.5. The van der Waals surface area contributed by atoms with E-state index in [4.69, 9.17) is 9.15 Å². The van der Waals surface area contributed by atoms with Gasteiger partial charge >= 0.3 is 0 Å². The standard InChI is InChI=1S/C18H16BrNO3/c1-20(11-13-6-3-4-8-14(13)19)18(21)16-10-12-7-5-9-15(22-2)17(12)23-16/h3-10H,11H2,1-2H3. The van der Waals surface area contributed by atoms with Crippen molar-refractivity contribution >= 4 is 32.8 Å². The highest BCUT2D eigenvalue weighted by Crippen LogP contribution is 2.29. The number of rotatable bonds is 4. The number of fused-ring (bicyclic) bond motifs is 1. The number of benzene rings is 2. The molecule has 3 aromatic rings. The number of carbonyl (C=O) groups is 1. The zero-order valence-electron chi connectivity index (χ0n) is 12.9. The first-order chi connectivity index (χ1) is 11.1. The fourth-order valence-electron chi connectivity index (χ4n) is 2.44. The minimum Gasteiger partial charge on any atom is -0.493 e. The summed E-state index contributed by atoms with van der Waals surface area (Å²) >= 11 is 3.50. The summed E-state index contributed by atoms with van der Waals surface area (Å²) in [7, 11) is 3.34. The molecule has 0 aliphatic rings. The lowest BCUT2D eigenvalue weighted by Gasteiger charge is -2.16. The van der Waals surface area contributed by atoms with Crippen LogP contribution in [0.25, 0.3) is 11.0 Å². The van der Waals surface area contributed by atoms with Crippen molar-refractivity contribution in [2.45, 2.75) is 6.54 Å². The topological polar surface area (TPSA) is 42.7 Å². The van der Waals surface area contributed by atoms with Crippen LogP contribution in [-0.2, 0) is 6.54 Å². The van der Waals surface area contributed by atoms with E-state index >= 15 is 0 Å². The lowest BCUT2D eigenvalue weighted by atomic mass is 10.2. The highest BCUT2D eigenvalue weighted by atomic mass is 79.9. The van der Waals surface area contributed by atoms with Crippen molar-refractivity contribution in [3.05, 3.63) is 64.3 Å². The smallest absolute Gasteiger partial charge is 0.289 e. The Labute approximate surface area is 142 Å². The maximum Gasteiger partial charge on any atom is 0.289 e. The van der Waals surface area contributed by atoms with E-state index in [-0.39, 0.29) is 5.91 Å². The number of hydrogen-bond acceptors (Lipinski definition) is 3. The largest absolute Gasteiger partial charge is 0.493 e. The van der Waals surface area contributed by atoms with E-state index in [9.17, 15) is 4.79 Å². The predicted molar refractivity (Wildman–Crippen MR) is 92.7 cm³/mol. The number of halogens is 1. The van der Waals surface area contributed by atoms with Crippen molar-refractivity contribution in [3.8, 4) is 5.75 Å². The van der Waals surface area contributed by atoms with Crippen LogP contribution in [0.4, 0.5) is 0 Å². The van der Waals surface area contributed by atoms with Gasteiger partial charge in [-0.1, -0.05) is 46.3 Å². The van der Waals surface area contributed by atoms with Crippen molar-refractivity contribution in [1.29, 1.82) is 0 Å². The summed E-state index contributed by atoms with van der Waals surface area (Å²) in [6.45, 7) is 0.494. The second-order valence-corrected chi connectivity index (χ2v) is 6.10. The summed E-state index contributed by atoms with van der Waals surface area (Å²) in [5.41, 5.74) is 1.63. The van der Waals surface area contributed by atoms with Gasteiger partial charge in [0.25, 0.3) is 5.91 Å². The monoisotopic (exact) mass is 373 g/mol. The second kappa shape index (κ2) is 6.46. The molecule has 3 rings (SSSR count). The van der Waals surface area contributed by atoms with Gasteiger partial charge in [0.15, 0.2) is 17.1 Å². The molecule has 0 bridgehead atoms. The van der Waals surface area contributed by atoms with Gasteiger partial charge in [0.1, 0.15) is 0 Å². The Morgan fingerprint density at radius 1 is 1.22 bits per heavy atom. The molecule has 5 heteroatoms. The first-order valence-electron chi connectivity index (χ1n) is 7.15. The second-order valence-electron chi connectivity index (χ2n) is 5.24. The van der Waals surface area contributed by atoms with Crippen LogP contribution in [0.1, 0.15) is 16.1 Å². The van der Waals surface area contributed by atoms with Crippen LogP contribution < -0.4 is 4.74 Å². The summed E-state index contributed by atoms with van der Waals surface area (Å²) in [6, 6.07) is 15.2. The Morgan fingerprint density at radius 2 is 2.00 bits per heavy atom. The van der Waals surface area contributed by atoms with Gasteiger partial charge in [-0.3, -0.25) is 4.79 Å². The van der Waals surface area contributed by atoms with E-state index in [0.29, 0.717) is 23.6 Å². The number of para-hydroxylation sites is 1. The van der Waals surface area contributed by atoms with Crippen molar-refractivity contribution < 1.29 is 13.9 Å². The van der Waals surface area contributed by atoms with Gasteiger partial charge in [0.05, 0.1) is 7.11 Å². The fourth-order valence-corrected chi connectivity index (χ4v) is 2.85. The van der Waals surface area contributed by atoms with Crippen LogP contribution in [0, 0.1) is 0 Å². The SMILES string of the molecule is COc1cccc2cc(C(=O)N(C)Cc3ccccc3Br)oc12. The first-order valence-corrected chi connectivity index (χ1v) is 7.95. The number of nitrogens with zero attached hydrogens (tertiary/aromatic N) is 1. The van der Waals surface area contributed by atoms with E-state index in [1.807, 2.05) is 42.5 Å². The van der Waals surface area contributed by atoms with Crippen molar-refractivity contribution in [2.75, 3.05) is 14.2 Å². The Hall–Kier alpha value is -2.27. The minimum absolute atomic E-state index is 0.168. The quantitative estimate of drug-likeness (QED) is 0.677. The molecule has 0 aliphatic carbocycles. The molecule has 1 amide bonds. The van der Waals surface area contributed by atoms with Gasteiger partial charge in [0, 0.05) is 23.5 Å². The van der Waals surface area contributed by atoms with E-state index < -0.39 is 0 Å². The molecule has 23 heavy (non-hydrogen) atoms. The summed E-state index contributed by atoms with van der Waals surface area (Å²) in [5, 5.41) is 0.849. The maximum absolute atomic E-state index is 12.6. The average molecular weight is 374 g/mol. The van der Waals surface area contributed by atoms with Gasteiger partial charge in [-0.05, 0) is 23.8 Å². The van der Waals surface area contributed by atoms with Crippen LogP contribution in [0.15, 0.2) is 57.4 Å². The molecule has 0 N–H and O–H groups in total. The van der Waals surface area contributed by atoms with Crippen LogP contribution in [0.5, 0.6) is 5.75 Å². The third-order valence-corrected chi connectivity index (χ3v) is 4.42. The van der Waals surface area contributed by atoms with Gasteiger partial charge in [-0.15, -0.1) is 0 Å². The zero-order chi connectivity index (χ0) is 16.4. The highest BCUT2D eigenvalue weighted by molar-refractivity contribution is 9.10. The molecule has 1 aromatic heterocycles. The average Bonchev–Trinajstić information content (AvgIpc) is 3.00. The van der Waals surface area contributed by atoms with E-state index in [0.717, 1.165) is 15.4 Å². The lowest BCUT2D eigenvalue weighted by molar-refractivity contribution is 0.0755. The summed E-state index contributed by atoms with van der Waals surface area (Å²) in [4.78, 5) is 14.2. The number of methoxy groups -OCH3 is 1. The maximum atomic E-state index is 12.6. The Kier molecular flexibility index (Phi) is 4.39. The number of ether oxygens (including phenoxy) is 1. The third-order valence-electron chi connectivity index (χ3n) is 3.65. The predicted octanol–water partition coefficient (Wildman–Crippen LogP) is 4.48. The molecule has 0 saturated carbocycles. The molecular weight excluding hydrogens is 358 g/mol. The lowest BCUT2D eigenvalue weighted by Crippen LogP contribution is -2.25. The molecule has 2 aromatic carbocycles. The molecule has 4 nitrogen and oxygen atoms in total. The summed E-state index contributed by atoms with van der Waals surface area (Å²) < 4.78 is 12.0. The molecule has 118 valence electrons. The minimum atomic E-state index is -0.168. The van der Waals surface area contributed by atoms with E-state index in [2.05, 4.69) is 15.9 Å². The highest BCUT2D eigenvalue weighted by Gasteiger charge is 2.19. The molecule has 0 unspecified atom stereocenters. The number of carbonyl (C=O) groups excluding carboxylic acids is 1.